The molecule has 3 N–H and O–H groups in total. The van der Waals surface area contributed by atoms with E-state index in [1.165, 1.54) is 167 Å². The highest BCUT2D eigenvalue weighted by molar-refractivity contribution is 7.47. The van der Waals surface area contributed by atoms with Gasteiger partial charge in [-0.3, -0.25) is 37.3 Å². The van der Waals surface area contributed by atoms with E-state index in [2.05, 4.69) is 48.5 Å². The maximum absolute atomic E-state index is 13.0. The van der Waals surface area contributed by atoms with Crippen molar-refractivity contribution in [3.05, 3.63) is 0 Å². The van der Waals surface area contributed by atoms with E-state index in [9.17, 15) is 43.2 Å². The number of ether oxygens (including phenoxy) is 4. The highest BCUT2D eigenvalue weighted by Crippen LogP contribution is 2.45. The largest absolute Gasteiger partial charge is 0.472 e. The first-order chi connectivity index (χ1) is 43.8. The van der Waals surface area contributed by atoms with Crippen LogP contribution >= 0.6 is 15.6 Å². The first kappa shape index (κ1) is 89.1. The van der Waals surface area contributed by atoms with E-state index >= 15 is 0 Å². The average Bonchev–Trinajstić information content (AvgIpc) is 3.59. The number of aliphatic hydroxyl groups is 1. The number of unbranched alkanes of at least 4 members (excludes halogenated alkanes) is 37. The topological polar surface area (TPSA) is 237 Å². The van der Waals surface area contributed by atoms with E-state index in [-0.39, 0.29) is 25.7 Å². The molecule has 17 nitrogen and oxygen atoms in total. The average molecular weight is 1340 g/mol. The molecule has 19 heteroatoms. The lowest BCUT2D eigenvalue weighted by molar-refractivity contribution is -0.161. The molecule has 91 heavy (non-hydrogen) atoms. The molecule has 0 spiro atoms. The zero-order chi connectivity index (χ0) is 67.3. The number of hydrogen-bond donors (Lipinski definition) is 3. The van der Waals surface area contributed by atoms with Gasteiger partial charge in [0.1, 0.15) is 19.3 Å². The number of carbonyl (C=O) groups excluding carboxylic acids is 4. The third kappa shape index (κ3) is 65.1. The molecule has 0 aliphatic rings. The van der Waals surface area contributed by atoms with Crippen molar-refractivity contribution in [2.24, 2.45) is 17.8 Å². The van der Waals surface area contributed by atoms with Gasteiger partial charge in [-0.2, -0.15) is 0 Å². The Morgan fingerprint density at radius 3 is 0.835 bits per heavy atom. The minimum atomic E-state index is -4.95. The molecule has 3 unspecified atom stereocenters. The molecule has 0 rings (SSSR count). The minimum absolute atomic E-state index is 0.106. The van der Waals surface area contributed by atoms with E-state index in [1.54, 1.807) is 0 Å². The second kappa shape index (κ2) is 62.8. The quantitative estimate of drug-likeness (QED) is 0.0222. The van der Waals surface area contributed by atoms with Crippen LogP contribution in [0, 0.1) is 17.8 Å². The third-order valence-electron chi connectivity index (χ3n) is 17.0. The van der Waals surface area contributed by atoms with Crippen molar-refractivity contribution >= 4 is 39.5 Å². The van der Waals surface area contributed by atoms with Crippen LogP contribution in [0.2, 0.25) is 0 Å². The summed E-state index contributed by atoms with van der Waals surface area (Å²) in [5.74, 6) is 0.169. The summed E-state index contributed by atoms with van der Waals surface area (Å²) in [5, 5.41) is 10.6. The fourth-order valence-electron chi connectivity index (χ4n) is 10.9. The fraction of sp³-hybridized carbons (Fsp3) is 0.944. The summed E-state index contributed by atoms with van der Waals surface area (Å²) in [6.07, 6.45) is 47.1. The lowest BCUT2D eigenvalue weighted by Crippen LogP contribution is -2.30. The van der Waals surface area contributed by atoms with E-state index in [1.807, 2.05) is 0 Å². The molecule has 0 aromatic heterocycles. The molecule has 6 atom stereocenters. The van der Waals surface area contributed by atoms with Gasteiger partial charge in [-0.15, -0.1) is 0 Å². The lowest BCUT2D eigenvalue weighted by atomic mass is 9.99. The second-order valence-electron chi connectivity index (χ2n) is 27.2. The summed E-state index contributed by atoms with van der Waals surface area (Å²) in [4.78, 5) is 72.6. The van der Waals surface area contributed by atoms with Crippen molar-refractivity contribution in [3.8, 4) is 0 Å². The predicted molar refractivity (Wildman–Crippen MR) is 368 cm³/mol. The molecular weight excluding hydrogens is 1200 g/mol. The van der Waals surface area contributed by atoms with Gasteiger partial charge in [-0.1, -0.05) is 312 Å². The van der Waals surface area contributed by atoms with Gasteiger partial charge in [0.2, 0.25) is 0 Å². The summed E-state index contributed by atoms with van der Waals surface area (Å²) < 4.78 is 68.4. The molecule has 0 saturated carbocycles. The normalized spacial score (nSPS) is 14.5. The van der Waals surface area contributed by atoms with Crippen LogP contribution in [0.25, 0.3) is 0 Å². The summed E-state index contributed by atoms with van der Waals surface area (Å²) in [6, 6.07) is 0. The number of phosphoric ester groups is 2. The minimum Gasteiger partial charge on any atom is -0.462 e. The summed E-state index contributed by atoms with van der Waals surface area (Å²) in [7, 11) is -9.90. The Bertz CT molecular complexity index is 1790. The van der Waals surface area contributed by atoms with Crippen LogP contribution in [0.5, 0.6) is 0 Å². The molecule has 0 aliphatic heterocycles. The monoisotopic (exact) mass is 1340 g/mol. The van der Waals surface area contributed by atoms with Crippen LogP contribution in [0.3, 0.4) is 0 Å². The van der Waals surface area contributed by atoms with Gasteiger partial charge in [0, 0.05) is 25.7 Å². The van der Waals surface area contributed by atoms with Crippen molar-refractivity contribution in [2.75, 3.05) is 39.6 Å². The van der Waals surface area contributed by atoms with Gasteiger partial charge in [0.25, 0.3) is 0 Å². The molecule has 0 amide bonds. The van der Waals surface area contributed by atoms with Crippen molar-refractivity contribution in [2.45, 2.75) is 381 Å². The molecule has 0 aromatic carbocycles. The van der Waals surface area contributed by atoms with E-state index in [0.717, 1.165) is 108 Å². The SMILES string of the molecule is CCCCCCCCCCCCCCC(=O)O[C@H](COC(=O)CCCCCCCCCC(C)C)COP(=O)(O)OC[C@H](O)COP(=O)(O)OC[C@@H](COC(=O)CCCCCCCCCCCCC(C)CC)OC(=O)CCCCCCCCCCCCCCC(C)C. The smallest absolute Gasteiger partial charge is 0.462 e. The summed E-state index contributed by atoms with van der Waals surface area (Å²) in [5.41, 5.74) is 0. The lowest BCUT2D eigenvalue weighted by Gasteiger charge is -2.21. The van der Waals surface area contributed by atoms with Gasteiger partial charge in [-0.05, 0) is 43.4 Å². The Labute approximate surface area is 556 Å². The molecule has 0 radical (unpaired) electrons. The zero-order valence-electron chi connectivity index (χ0n) is 59.3. The van der Waals surface area contributed by atoms with Crippen LogP contribution in [0.1, 0.15) is 363 Å². The molecule has 0 aliphatic carbocycles. The van der Waals surface area contributed by atoms with Crippen LogP contribution in [-0.4, -0.2) is 96.7 Å². The first-order valence-electron chi connectivity index (χ1n) is 37.4. The van der Waals surface area contributed by atoms with Crippen molar-refractivity contribution in [3.63, 3.8) is 0 Å². The van der Waals surface area contributed by atoms with Gasteiger partial charge in [-0.25, -0.2) is 9.13 Å². The maximum atomic E-state index is 13.0. The van der Waals surface area contributed by atoms with E-state index in [4.69, 9.17) is 37.0 Å². The Morgan fingerprint density at radius 2 is 0.560 bits per heavy atom. The van der Waals surface area contributed by atoms with Gasteiger partial charge in [0.05, 0.1) is 26.4 Å². The van der Waals surface area contributed by atoms with Crippen molar-refractivity contribution < 1.29 is 80.2 Å². The van der Waals surface area contributed by atoms with Gasteiger partial charge >= 0.3 is 39.5 Å². The molecule has 0 bridgehead atoms. The Balaban J connectivity index is 5.26. The fourth-order valence-corrected chi connectivity index (χ4v) is 12.4. The number of hydrogen-bond acceptors (Lipinski definition) is 15. The van der Waals surface area contributed by atoms with Gasteiger partial charge < -0.3 is 33.8 Å². The van der Waals surface area contributed by atoms with E-state index in [0.29, 0.717) is 31.6 Å². The maximum Gasteiger partial charge on any atom is 0.472 e. The summed E-state index contributed by atoms with van der Waals surface area (Å²) >= 11 is 0. The highest BCUT2D eigenvalue weighted by Gasteiger charge is 2.30. The van der Waals surface area contributed by atoms with Crippen LogP contribution < -0.4 is 0 Å². The van der Waals surface area contributed by atoms with Gasteiger partial charge in [0.15, 0.2) is 12.2 Å². The predicted octanol–water partition coefficient (Wildman–Crippen LogP) is 20.6. The standard InChI is InChI=1S/C72H140O17P2/c1-8-10-11-12-13-14-15-19-26-33-41-48-55-71(76)89-68(60-83-70(75)54-47-40-35-28-30-37-44-51-64(5)6)62-87-91(80,81)85-58-66(73)57-84-90(78,79)86-61-67(59-82-69(74)53-46-39-32-25-22-21-24-31-38-45-52-65(7)9-2)88-72(77)56-49-42-34-27-20-17-16-18-23-29-36-43-50-63(3)4/h63-68,73H,8-62H2,1-7H3,(H,78,79)(H,80,81)/t65?,66-,67-,68-/m1/s1. The molecule has 0 saturated heterocycles. The van der Waals surface area contributed by atoms with Crippen LogP contribution in [0.15, 0.2) is 0 Å². The first-order valence-corrected chi connectivity index (χ1v) is 40.4. The second-order valence-corrected chi connectivity index (χ2v) is 30.1. The van der Waals surface area contributed by atoms with E-state index < -0.39 is 97.5 Å². The van der Waals surface area contributed by atoms with Crippen molar-refractivity contribution in [1.82, 2.24) is 0 Å². The molecule has 0 heterocycles. The molecular formula is C72H140O17P2. The Morgan fingerprint density at radius 1 is 0.319 bits per heavy atom. The number of esters is 4. The molecule has 540 valence electrons. The zero-order valence-corrected chi connectivity index (χ0v) is 61.1. The molecule has 0 fully saturated rings. The highest BCUT2D eigenvalue weighted by atomic mass is 31.2. The van der Waals surface area contributed by atoms with Crippen LogP contribution in [-0.2, 0) is 65.4 Å². The molecule has 0 aromatic rings. The Hall–Kier alpha value is -1.94. The summed E-state index contributed by atoms with van der Waals surface area (Å²) in [6.45, 7) is 11.9. The van der Waals surface area contributed by atoms with Crippen molar-refractivity contribution in [1.29, 1.82) is 0 Å². The van der Waals surface area contributed by atoms with Crippen LogP contribution in [0.4, 0.5) is 0 Å². The number of rotatable bonds is 70. The number of aliphatic hydroxyl groups excluding tert-OH is 1. The number of phosphoric acid groups is 2. The number of carbonyl (C=O) groups is 4. The third-order valence-corrected chi connectivity index (χ3v) is 18.9. The Kier molecular flexibility index (Phi) is 61.5.